The second-order valence-electron chi connectivity index (χ2n) is 4.14. The maximum Gasteiger partial charge on any atom is 0.267 e. The molecule has 22 heavy (non-hydrogen) atoms. The molecule has 0 spiro atoms. The number of hydrazine groups is 1. The predicted octanol–water partition coefficient (Wildman–Crippen LogP) is 2.76. The fraction of sp³-hybridized carbons (Fsp3) is 0. The molecule has 0 fully saturated rings. The van der Waals surface area contributed by atoms with Crippen molar-refractivity contribution >= 4 is 39.1 Å². The van der Waals surface area contributed by atoms with E-state index in [1.807, 2.05) is 10.3 Å². The van der Waals surface area contributed by atoms with Gasteiger partial charge in [-0.15, -0.1) is 4.83 Å². The van der Waals surface area contributed by atoms with Crippen LogP contribution < -0.4 is 10.3 Å². The average Bonchev–Trinajstić information content (AvgIpc) is 2.47. The summed E-state index contributed by atoms with van der Waals surface area (Å²) >= 11 is 11.6. The Morgan fingerprint density at radius 2 is 1.82 bits per heavy atom. The Kier molecular flexibility index (Phi) is 5.02. The molecule has 2 aromatic carbocycles. The molecule has 9 heteroatoms. The Labute approximate surface area is 136 Å². The molecule has 0 unspecified atom stereocenters. The van der Waals surface area contributed by atoms with Crippen LogP contribution in [0.5, 0.6) is 0 Å². The van der Waals surface area contributed by atoms with E-state index in [0.717, 1.165) is 12.1 Å². The highest BCUT2D eigenvalue weighted by Crippen LogP contribution is 2.20. The maximum atomic E-state index is 13.0. The Morgan fingerprint density at radius 1 is 1.09 bits per heavy atom. The zero-order valence-electron chi connectivity index (χ0n) is 10.8. The van der Waals surface area contributed by atoms with Crippen LogP contribution in [0.15, 0.2) is 47.4 Å². The van der Waals surface area contributed by atoms with Gasteiger partial charge in [-0.2, -0.15) is 0 Å². The fourth-order valence-electron chi connectivity index (χ4n) is 1.55. The molecule has 5 nitrogen and oxygen atoms in total. The molecule has 2 aromatic rings. The Balaban J connectivity index is 2.15. The molecule has 0 aromatic heterocycles. The number of benzene rings is 2. The topological polar surface area (TPSA) is 75.3 Å². The number of hydrogen-bond donors (Lipinski definition) is 2. The van der Waals surface area contributed by atoms with Gasteiger partial charge in [-0.3, -0.25) is 10.2 Å². The molecule has 0 saturated heterocycles. The van der Waals surface area contributed by atoms with Crippen LogP contribution in [-0.2, 0) is 10.0 Å². The van der Waals surface area contributed by atoms with Crippen LogP contribution >= 0.6 is 23.2 Å². The molecule has 0 aliphatic heterocycles. The molecule has 116 valence electrons. The van der Waals surface area contributed by atoms with Crippen LogP contribution in [0.3, 0.4) is 0 Å². The van der Waals surface area contributed by atoms with Crippen molar-refractivity contribution in [2.24, 2.45) is 0 Å². The summed E-state index contributed by atoms with van der Waals surface area (Å²) in [5.41, 5.74) is 1.98. The Bertz CT molecular complexity index is 828. The normalized spacial score (nSPS) is 11.2. The van der Waals surface area contributed by atoms with Crippen molar-refractivity contribution in [3.63, 3.8) is 0 Å². The number of rotatable bonds is 4. The number of hydrogen-bond acceptors (Lipinski definition) is 3. The number of carbonyl (C=O) groups excluding carboxylic acids is 1. The van der Waals surface area contributed by atoms with Gasteiger partial charge in [0.25, 0.3) is 15.9 Å². The molecule has 2 rings (SSSR count). The van der Waals surface area contributed by atoms with Gasteiger partial charge in [0.1, 0.15) is 5.82 Å². The third-order valence-corrected chi connectivity index (χ3v) is 4.39. The zero-order chi connectivity index (χ0) is 16.3. The smallest absolute Gasteiger partial charge is 0.267 e. The van der Waals surface area contributed by atoms with E-state index in [4.69, 9.17) is 23.2 Å². The number of halogens is 3. The minimum atomic E-state index is -4.11. The summed E-state index contributed by atoms with van der Waals surface area (Å²) < 4.78 is 36.9. The number of carbonyl (C=O) groups is 1. The van der Waals surface area contributed by atoms with E-state index in [2.05, 4.69) is 0 Å². The van der Waals surface area contributed by atoms with E-state index in [1.165, 1.54) is 30.3 Å². The molecule has 0 atom stereocenters. The second-order valence-corrected chi connectivity index (χ2v) is 6.67. The van der Waals surface area contributed by atoms with E-state index in [9.17, 15) is 17.6 Å². The van der Waals surface area contributed by atoms with Gasteiger partial charge in [0, 0.05) is 5.02 Å². The largest absolute Gasteiger partial charge is 0.273 e. The SMILES string of the molecule is O=C(NNS(=O)(=O)c1cccc(F)c1)c1cc(Cl)ccc1Cl. The van der Waals surface area contributed by atoms with Crippen molar-refractivity contribution in [1.29, 1.82) is 0 Å². The summed E-state index contributed by atoms with van der Waals surface area (Å²) in [5.74, 6) is -1.51. The van der Waals surface area contributed by atoms with Crippen molar-refractivity contribution in [3.8, 4) is 0 Å². The molecule has 1 amide bonds. The first kappa shape index (κ1) is 16.7. The first-order chi connectivity index (χ1) is 10.3. The van der Waals surface area contributed by atoms with Gasteiger partial charge in [-0.25, -0.2) is 12.8 Å². The molecular weight excluding hydrogens is 354 g/mol. The van der Waals surface area contributed by atoms with Crippen molar-refractivity contribution in [1.82, 2.24) is 10.3 Å². The van der Waals surface area contributed by atoms with Gasteiger partial charge < -0.3 is 0 Å². The highest BCUT2D eigenvalue weighted by molar-refractivity contribution is 7.89. The van der Waals surface area contributed by atoms with E-state index >= 15 is 0 Å². The lowest BCUT2D eigenvalue weighted by Crippen LogP contribution is -2.41. The summed E-state index contributed by atoms with van der Waals surface area (Å²) in [6.07, 6.45) is 0. The molecule has 0 aliphatic carbocycles. The monoisotopic (exact) mass is 362 g/mol. The van der Waals surface area contributed by atoms with E-state index in [-0.39, 0.29) is 20.5 Å². The lowest BCUT2D eigenvalue weighted by molar-refractivity contribution is 0.0945. The number of sulfonamides is 1. The third kappa shape index (κ3) is 3.95. The van der Waals surface area contributed by atoms with Crippen molar-refractivity contribution in [3.05, 3.63) is 63.9 Å². The Morgan fingerprint density at radius 3 is 2.50 bits per heavy atom. The molecule has 0 heterocycles. The maximum absolute atomic E-state index is 13.0. The number of amides is 1. The van der Waals surface area contributed by atoms with Crippen LogP contribution in [0.1, 0.15) is 10.4 Å². The van der Waals surface area contributed by atoms with Crippen LogP contribution in [0.25, 0.3) is 0 Å². The first-order valence-electron chi connectivity index (χ1n) is 5.82. The molecule has 0 bridgehead atoms. The van der Waals surface area contributed by atoms with Crippen molar-refractivity contribution < 1.29 is 17.6 Å². The van der Waals surface area contributed by atoms with E-state index < -0.39 is 21.7 Å². The molecular formula is C13H9Cl2FN2O3S. The van der Waals surface area contributed by atoms with E-state index in [1.54, 1.807) is 0 Å². The minimum Gasteiger partial charge on any atom is -0.273 e. The highest BCUT2D eigenvalue weighted by Gasteiger charge is 2.17. The molecule has 2 N–H and O–H groups in total. The highest BCUT2D eigenvalue weighted by atomic mass is 35.5. The summed E-state index contributed by atoms with van der Waals surface area (Å²) in [6, 6.07) is 8.51. The summed E-state index contributed by atoms with van der Waals surface area (Å²) in [5, 5.41) is 0.370. The van der Waals surface area contributed by atoms with Crippen molar-refractivity contribution in [2.45, 2.75) is 4.90 Å². The summed E-state index contributed by atoms with van der Waals surface area (Å²) in [4.78, 5) is 13.4. The van der Waals surface area contributed by atoms with Crippen LogP contribution in [-0.4, -0.2) is 14.3 Å². The van der Waals surface area contributed by atoms with Crippen LogP contribution in [0, 0.1) is 5.82 Å². The molecule has 0 saturated carbocycles. The second kappa shape index (κ2) is 6.62. The molecule has 0 radical (unpaired) electrons. The van der Waals surface area contributed by atoms with Gasteiger partial charge >= 0.3 is 0 Å². The van der Waals surface area contributed by atoms with Gasteiger partial charge in [-0.1, -0.05) is 29.3 Å². The van der Waals surface area contributed by atoms with Gasteiger partial charge in [0.2, 0.25) is 0 Å². The lowest BCUT2D eigenvalue weighted by atomic mass is 10.2. The fourth-order valence-corrected chi connectivity index (χ4v) is 2.79. The minimum absolute atomic E-state index is 0.00360. The zero-order valence-corrected chi connectivity index (χ0v) is 13.1. The van der Waals surface area contributed by atoms with Gasteiger partial charge in [0.05, 0.1) is 15.5 Å². The van der Waals surface area contributed by atoms with Crippen LogP contribution in [0.4, 0.5) is 4.39 Å². The van der Waals surface area contributed by atoms with E-state index in [0.29, 0.717) is 0 Å². The standard InChI is InChI=1S/C13H9Cl2FN2O3S/c14-8-4-5-12(15)11(6-8)13(19)17-18-22(20,21)10-3-1-2-9(16)7-10/h1-7,18H,(H,17,19). The van der Waals surface area contributed by atoms with Gasteiger partial charge in [-0.05, 0) is 36.4 Å². The van der Waals surface area contributed by atoms with Crippen molar-refractivity contribution in [2.75, 3.05) is 0 Å². The summed E-state index contributed by atoms with van der Waals surface area (Å²) in [6.45, 7) is 0. The quantitative estimate of drug-likeness (QED) is 0.821. The Hall–Kier alpha value is -1.67. The predicted molar refractivity (Wildman–Crippen MR) is 80.6 cm³/mol. The van der Waals surface area contributed by atoms with Gasteiger partial charge in [0.15, 0.2) is 0 Å². The molecule has 0 aliphatic rings. The first-order valence-corrected chi connectivity index (χ1v) is 8.06. The average molecular weight is 363 g/mol. The lowest BCUT2D eigenvalue weighted by Gasteiger charge is -2.09. The third-order valence-electron chi connectivity index (χ3n) is 2.58. The van der Waals surface area contributed by atoms with Crippen LogP contribution in [0.2, 0.25) is 10.0 Å². The summed E-state index contributed by atoms with van der Waals surface area (Å²) in [7, 11) is -4.11. The number of nitrogens with one attached hydrogen (secondary N) is 2.